The van der Waals surface area contributed by atoms with Gasteiger partial charge in [0.05, 0.1) is 0 Å². The predicted octanol–water partition coefficient (Wildman–Crippen LogP) is 4.00. The number of hydrogen-bond acceptors (Lipinski definition) is 2. The number of hydrogen-bond donors (Lipinski definition) is 2. The van der Waals surface area contributed by atoms with Gasteiger partial charge in [-0.25, -0.2) is 0 Å². The molecule has 1 aliphatic rings. The molecule has 25 heavy (non-hydrogen) atoms. The van der Waals surface area contributed by atoms with Crippen LogP contribution in [0.15, 0.2) is 29.3 Å². The molecule has 5 heteroatoms. The lowest BCUT2D eigenvalue weighted by atomic mass is 9.99. The summed E-state index contributed by atoms with van der Waals surface area (Å²) in [6, 6.07) is 9.21. The fraction of sp³-hybridized carbons (Fsp3) is 0.650. The molecule has 2 atom stereocenters. The van der Waals surface area contributed by atoms with Gasteiger partial charge in [0.15, 0.2) is 5.96 Å². The molecule has 1 aliphatic heterocycles. The van der Waals surface area contributed by atoms with E-state index < -0.39 is 0 Å². The monoisotopic (exact) mass is 458 g/mol. The molecular formula is C20H35IN4. The molecule has 2 N–H and O–H groups in total. The van der Waals surface area contributed by atoms with Crippen molar-refractivity contribution in [3.8, 4) is 0 Å². The van der Waals surface area contributed by atoms with Crippen LogP contribution in [-0.2, 0) is 13.1 Å². The summed E-state index contributed by atoms with van der Waals surface area (Å²) in [6.07, 6.45) is 3.79. The maximum atomic E-state index is 4.33. The lowest BCUT2D eigenvalue weighted by Gasteiger charge is -2.31. The molecule has 142 valence electrons. The molecular weight excluding hydrogens is 423 g/mol. The van der Waals surface area contributed by atoms with Gasteiger partial charge in [0.2, 0.25) is 0 Å². The first-order chi connectivity index (χ1) is 11.6. The summed E-state index contributed by atoms with van der Waals surface area (Å²) in [6.45, 7) is 11.0. The maximum absolute atomic E-state index is 4.33. The Balaban J connectivity index is 0.00000312. The number of aliphatic imine (C=N–C) groups is 1. The molecule has 0 amide bonds. The van der Waals surface area contributed by atoms with Gasteiger partial charge in [0.1, 0.15) is 0 Å². The van der Waals surface area contributed by atoms with Crippen LogP contribution in [0.4, 0.5) is 0 Å². The van der Waals surface area contributed by atoms with E-state index in [4.69, 9.17) is 0 Å². The Morgan fingerprint density at radius 3 is 2.68 bits per heavy atom. The average Bonchev–Trinajstić information content (AvgIpc) is 2.59. The Kier molecular flexibility index (Phi) is 10.4. The van der Waals surface area contributed by atoms with Gasteiger partial charge in [-0.3, -0.25) is 9.89 Å². The summed E-state index contributed by atoms with van der Waals surface area (Å²) in [5, 5.41) is 6.88. The number of piperidine rings is 1. The van der Waals surface area contributed by atoms with Crippen LogP contribution in [-0.4, -0.2) is 37.0 Å². The van der Waals surface area contributed by atoms with Gasteiger partial charge in [0, 0.05) is 32.7 Å². The lowest BCUT2D eigenvalue weighted by Crippen LogP contribution is -2.41. The van der Waals surface area contributed by atoms with Crippen LogP contribution < -0.4 is 10.6 Å². The first-order valence-corrected chi connectivity index (χ1v) is 9.38. The van der Waals surface area contributed by atoms with Gasteiger partial charge < -0.3 is 10.6 Å². The first kappa shape index (κ1) is 22.2. The van der Waals surface area contributed by atoms with E-state index in [0.717, 1.165) is 31.4 Å². The van der Waals surface area contributed by atoms with Crippen molar-refractivity contribution in [3.05, 3.63) is 35.4 Å². The molecule has 1 heterocycles. The molecule has 4 nitrogen and oxygen atoms in total. The third-order valence-electron chi connectivity index (χ3n) is 4.92. The van der Waals surface area contributed by atoms with Crippen LogP contribution in [0.5, 0.6) is 0 Å². The summed E-state index contributed by atoms with van der Waals surface area (Å²) < 4.78 is 0. The number of likely N-dealkylation sites (tertiary alicyclic amines) is 1. The third-order valence-corrected chi connectivity index (χ3v) is 4.92. The minimum Gasteiger partial charge on any atom is -0.354 e. The predicted molar refractivity (Wildman–Crippen MR) is 119 cm³/mol. The molecule has 2 rings (SSSR count). The minimum absolute atomic E-state index is 0. The van der Waals surface area contributed by atoms with Crippen LogP contribution >= 0.6 is 24.0 Å². The van der Waals surface area contributed by atoms with Crippen LogP contribution in [0, 0.1) is 5.92 Å². The van der Waals surface area contributed by atoms with Crippen molar-refractivity contribution in [2.45, 2.75) is 59.2 Å². The van der Waals surface area contributed by atoms with E-state index >= 15 is 0 Å². The highest BCUT2D eigenvalue weighted by Crippen LogP contribution is 2.19. The summed E-state index contributed by atoms with van der Waals surface area (Å²) in [5.74, 6) is 1.70. The van der Waals surface area contributed by atoms with Crippen molar-refractivity contribution in [2.24, 2.45) is 10.9 Å². The van der Waals surface area contributed by atoms with Crippen molar-refractivity contribution in [1.29, 1.82) is 0 Å². The summed E-state index contributed by atoms with van der Waals surface area (Å²) in [5.41, 5.74) is 2.79. The molecule has 2 unspecified atom stereocenters. The summed E-state index contributed by atoms with van der Waals surface area (Å²) >= 11 is 0. The van der Waals surface area contributed by atoms with Crippen molar-refractivity contribution in [3.63, 3.8) is 0 Å². The van der Waals surface area contributed by atoms with Gasteiger partial charge in [-0.2, -0.15) is 0 Å². The van der Waals surface area contributed by atoms with E-state index in [1.165, 1.54) is 37.1 Å². The molecule has 1 aromatic carbocycles. The molecule has 0 aromatic heterocycles. The second kappa shape index (κ2) is 11.7. The van der Waals surface area contributed by atoms with Crippen LogP contribution in [0.1, 0.15) is 51.2 Å². The zero-order chi connectivity index (χ0) is 17.4. The molecule has 1 saturated heterocycles. The summed E-state index contributed by atoms with van der Waals surface area (Å²) in [7, 11) is 1.83. The van der Waals surface area contributed by atoms with E-state index in [0.29, 0.717) is 6.04 Å². The number of benzene rings is 1. The van der Waals surface area contributed by atoms with E-state index in [9.17, 15) is 0 Å². The van der Waals surface area contributed by atoms with E-state index in [-0.39, 0.29) is 24.0 Å². The number of nitrogens with one attached hydrogen (secondary N) is 2. The topological polar surface area (TPSA) is 39.7 Å². The molecule has 1 aromatic rings. The second-order valence-electron chi connectivity index (χ2n) is 7.13. The van der Waals surface area contributed by atoms with E-state index in [2.05, 4.69) is 65.6 Å². The largest absolute Gasteiger partial charge is 0.354 e. The molecule has 0 radical (unpaired) electrons. The number of halogens is 1. The maximum Gasteiger partial charge on any atom is 0.191 e. The van der Waals surface area contributed by atoms with Crippen molar-refractivity contribution >= 4 is 29.9 Å². The molecule has 0 bridgehead atoms. The first-order valence-electron chi connectivity index (χ1n) is 9.38. The smallest absolute Gasteiger partial charge is 0.191 e. The number of guanidine groups is 1. The van der Waals surface area contributed by atoms with Gasteiger partial charge in [0.25, 0.3) is 0 Å². The zero-order valence-electron chi connectivity index (χ0n) is 16.2. The Labute approximate surface area is 170 Å². The van der Waals surface area contributed by atoms with Gasteiger partial charge in [-0.15, -0.1) is 24.0 Å². The Hall–Kier alpha value is -0.820. The van der Waals surface area contributed by atoms with E-state index in [1.54, 1.807) is 0 Å². The standard InChI is InChI=1S/C20H34N4.HI/c1-5-17(3)23-20(21-4)22-13-18-10-6-7-11-19(18)15-24-12-8-9-16(2)14-24;/h6-7,10-11,16-17H,5,8-9,12-15H2,1-4H3,(H2,21,22,23);1H. The van der Waals surface area contributed by atoms with Crippen molar-refractivity contribution in [1.82, 2.24) is 15.5 Å². The van der Waals surface area contributed by atoms with Gasteiger partial charge in [-0.05, 0) is 49.8 Å². The van der Waals surface area contributed by atoms with E-state index in [1.807, 2.05) is 7.05 Å². The highest BCUT2D eigenvalue weighted by Gasteiger charge is 2.17. The molecule has 0 aliphatic carbocycles. The van der Waals surface area contributed by atoms with Crippen LogP contribution in [0.3, 0.4) is 0 Å². The average molecular weight is 458 g/mol. The summed E-state index contributed by atoms with van der Waals surface area (Å²) in [4.78, 5) is 6.93. The minimum atomic E-state index is 0. The quantitative estimate of drug-likeness (QED) is 0.385. The van der Waals surface area contributed by atoms with Crippen molar-refractivity contribution in [2.75, 3.05) is 20.1 Å². The fourth-order valence-electron chi connectivity index (χ4n) is 3.26. The van der Waals surface area contributed by atoms with Crippen LogP contribution in [0.25, 0.3) is 0 Å². The normalized spacial score (nSPS) is 19.8. The third kappa shape index (κ3) is 7.52. The fourth-order valence-corrected chi connectivity index (χ4v) is 3.26. The SMILES string of the molecule is CCC(C)NC(=NC)NCc1ccccc1CN1CCCC(C)C1.I. The Morgan fingerprint density at radius 2 is 2.04 bits per heavy atom. The molecule has 0 spiro atoms. The second-order valence-corrected chi connectivity index (χ2v) is 7.13. The van der Waals surface area contributed by atoms with Crippen molar-refractivity contribution < 1.29 is 0 Å². The van der Waals surface area contributed by atoms with Gasteiger partial charge in [-0.1, -0.05) is 38.1 Å². The molecule has 1 fully saturated rings. The highest BCUT2D eigenvalue weighted by molar-refractivity contribution is 14.0. The highest BCUT2D eigenvalue weighted by atomic mass is 127. The Bertz CT molecular complexity index is 532. The van der Waals surface area contributed by atoms with Gasteiger partial charge >= 0.3 is 0 Å². The zero-order valence-corrected chi connectivity index (χ0v) is 18.5. The van der Waals surface area contributed by atoms with Crippen LogP contribution in [0.2, 0.25) is 0 Å². The lowest BCUT2D eigenvalue weighted by molar-refractivity contribution is 0.176. The Morgan fingerprint density at radius 1 is 1.32 bits per heavy atom. The molecule has 0 saturated carbocycles. The number of nitrogens with zero attached hydrogens (tertiary/aromatic N) is 2. The number of rotatable bonds is 6.